The van der Waals surface area contributed by atoms with Crippen molar-refractivity contribution in [3.63, 3.8) is 0 Å². The first kappa shape index (κ1) is 15.6. The number of halogens is 1. The second-order valence-corrected chi connectivity index (χ2v) is 6.18. The monoisotopic (exact) mass is 366 g/mol. The van der Waals surface area contributed by atoms with Gasteiger partial charge >= 0.3 is 0 Å². The van der Waals surface area contributed by atoms with Gasteiger partial charge in [-0.05, 0) is 28.1 Å². The van der Waals surface area contributed by atoms with E-state index in [0.29, 0.717) is 18.3 Å². The number of benzene rings is 1. The summed E-state index contributed by atoms with van der Waals surface area (Å²) in [6.45, 7) is 5.47. The first-order chi connectivity index (χ1) is 10.8. The van der Waals surface area contributed by atoms with E-state index >= 15 is 0 Å². The lowest BCUT2D eigenvalue weighted by molar-refractivity contribution is 0.103. The van der Waals surface area contributed by atoms with Crippen LogP contribution in [0.5, 0.6) is 0 Å². The summed E-state index contributed by atoms with van der Waals surface area (Å²) in [6.07, 6.45) is 0. The molecule has 0 radical (unpaired) electrons. The highest BCUT2D eigenvalue weighted by Crippen LogP contribution is 2.26. The van der Waals surface area contributed by atoms with Gasteiger partial charge in [0.15, 0.2) is 0 Å². The van der Waals surface area contributed by atoms with E-state index in [1.807, 2.05) is 24.3 Å². The highest BCUT2D eigenvalue weighted by atomic mass is 79.9. The van der Waals surface area contributed by atoms with E-state index in [1.165, 1.54) is 0 Å². The van der Waals surface area contributed by atoms with E-state index in [9.17, 15) is 0 Å². The lowest BCUT2D eigenvalue weighted by Gasteiger charge is -2.33. The Morgan fingerprint density at radius 2 is 1.82 bits per heavy atom. The van der Waals surface area contributed by atoms with Crippen molar-refractivity contribution in [1.29, 1.82) is 0 Å². The Labute approximate surface area is 137 Å². The third kappa shape index (κ3) is 3.73. The maximum absolute atomic E-state index is 8.96. The first-order valence-electron chi connectivity index (χ1n) is 7.39. The van der Waals surface area contributed by atoms with Gasteiger partial charge < -0.3 is 9.52 Å². The molecule has 3 rings (SSSR count). The summed E-state index contributed by atoms with van der Waals surface area (Å²) >= 11 is 3.50. The lowest BCUT2D eigenvalue weighted by atomic mass is 10.2. The second kappa shape index (κ2) is 7.32. The van der Waals surface area contributed by atoms with Crippen LogP contribution in [0.2, 0.25) is 0 Å². The number of piperazine rings is 1. The van der Waals surface area contributed by atoms with E-state index in [-0.39, 0.29) is 6.61 Å². The van der Waals surface area contributed by atoms with E-state index in [2.05, 4.69) is 35.9 Å². The number of aliphatic hydroxyl groups excluding tert-OH is 1. The minimum Gasteiger partial charge on any atom is -0.419 e. The molecule has 2 aromatic rings. The van der Waals surface area contributed by atoms with Crippen molar-refractivity contribution in [2.24, 2.45) is 0 Å². The molecule has 6 nitrogen and oxygen atoms in total. The van der Waals surface area contributed by atoms with Crippen molar-refractivity contribution in [2.75, 3.05) is 39.3 Å². The lowest BCUT2D eigenvalue weighted by Crippen LogP contribution is -2.46. The van der Waals surface area contributed by atoms with Gasteiger partial charge in [-0.3, -0.25) is 9.80 Å². The number of rotatable bonds is 5. The van der Waals surface area contributed by atoms with Crippen LogP contribution in [0.3, 0.4) is 0 Å². The zero-order chi connectivity index (χ0) is 15.4. The zero-order valence-corrected chi connectivity index (χ0v) is 13.9. The van der Waals surface area contributed by atoms with Crippen LogP contribution < -0.4 is 0 Å². The summed E-state index contributed by atoms with van der Waals surface area (Å²) in [4.78, 5) is 4.56. The van der Waals surface area contributed by atoms with Crippen LogP contribution in [-0.2, 0) is 6.54 Å². The average molecular weight is 367 g/mol. The van der Waals surface area contributed by atoms with Crippen molar-refractivity contribution in [3.8, 4) is 11.5 Å². The number of β-amino-alcohol motifs (C(OH)–C–C–N with tert-alkyl or cyclic N) is 1. The van der Waals surface area contributed by atoms with Gasteiger partial charge in [0.25, 0.3) is 0 Å². The molecular formula is C15H19BrN4O2. The Kier molecular flexibility index (Phi) is 5.20. The van der Waals surface area contributed by atoms with Gasteiger partial charge in [-0.1, -0.05) is 12.1 Å². The Morgan fingerprint density at radius 3 is 2.55 bits per heavy atom. The molecular weight excluding hydrogens is 348 g/mol. The zero-order valence-electron chi connectivity index (χ0n) is 12.3. The molecule has 1 N–H and O–H groups in total. The molecule has 1 fully saturated rings. The van der Waals surface area contributed by atoms with Gasteiger partial charge in [0.1, 0.15) is 0 Å². The van der Waals surface area contributed by atoms with Crippen LogP contribution in [0.25, 0.3) is 11.5 Å². The van der Waals surface area contributed by atoms with Crippen LogP contribution in [0, 0.1) is 0 Å². The van der Waals surface area contributed by atoms with Crippen molar-refractivity contribution >= 4 is 15.9 Å². The molecule has 0 unspecified atom stereocenters. The van der Waals surface area contributed by atoms with E-state index < -0.39 is 0 Å². The van der Waals surface area contributed by atoms with Crippen molar-refractivity contribution in [2.45, 2.75) is 6.54 Å². The summed E-state index contributed by atoms with van der Waals surface area (Å²) in [5, 5.41) is 17.3. The number of aliphatic hydroxyl groups is 1. The first-order valence-corrected chi connectivity index (χ1v) is 8.18. The molecule has 0 bridgehead atoms. The molecule has 0 spiro atoms. The van der Waals surface area contributed by atoms with Gasteiger partial charge in [0.2, 0.25) is 11.8 Å². The van der Waals surface area contributed by atoms with Gasteiger partial charge in [-0.2, -0.15) is 0 Å². The summed E-state index contributed by atoms with van der Waals surface area (Å²) in [6, 6.07) is 7.82. The molecule has 1 aromatic heterocycles. The van der Waals surface area contributed by atoms with Gasteiger partial charge in [-0.25, -0.2) is 0 Å². The standard InChI is InChI=1S/C15H19BrN4O2/c16-13-4-2-1-3-12(13)15-18-17-14(22-15)11-20-7-5-19(6-8-20)9-10-21/h1-4,21H,5-11H2. The molecule has 1 aliphatic heterocycles. The fourth-order valence-electron chi connectivity index (χ4n) is 2.56. The van der Waals surface area contributed by atoms with E-state index in [1.54, 1.807) is 0 Å². The molecule has 0 amide bonds. The molecule has 1 aromatic carbocycles. The SMILES string of the molecule is OCCN1CCN(Cc2nnc(-c3ccccc3Br)o2)CC1. The maximum atomic E-state index is 8.96. The molecule has 1 saturated heterocycles. The third-order valence-electron chi connectivity index (χ3n) is 3.81. The minimum absolute atomic E-state index is 0.221. The third-order valence-corrected chi connectivity index (χ3v) is 4.50. The van der Waals surface area contributed by atoms with Crippen LogP contribution in [0.4, 0.5) is 0 Å². The number of nitrogens with zero attached hydrogens (tertiary/aromatic N) is 4. The predicted octanol–water partition coefficient (Wildman–Crippen LogP) is 1.61. The summed E-state index contributed by atoms with van der Waals surface area (Å²) in [5.41, 5.74) is 0.911. The Morgan fingerprint density at radius 1 is 1.09 bits per heavy atom. The number of hydrogen-bond acceptors (Lipinski definition) is 6. The summed E-state index contributed by atoms with van der Waals surface area (Å²) < 4.78 is 6.73. The maximum Gasteiger partial charge on any atom is 0.248 e. The second-order valence-electron chi connectivity index (χ2n) is 5.32. The van der Waals surface area contributed by atoms with Crippen LogP contribution in [0.1, 0.15) is 5.89 Å². The highest BCUT2D eigenvalue weighted by molar-refractivity contribution is 9.10. The molecule has 118 valence electrons. The Balaban J connectivity index is 1.60. The smallest absolute Gasteiger partial charge is 0.248 e. The molecule has 1 aliphatic rings. The fraction of sp³-hybridized carbons (Fsp3) is 0.467. The largest absolute Gasteiger partial charge is 0.419 e. The molecule has 7 heteroatoms. The quantitative estimate of drug-likeness (QED) is 0.866. The van der Waals surface area contributed by atoms with Crippen molar-refractivity contribution in [3.05, 3.63) is 34.6 Å². The van der Waals surface area contributed by atoms with Gasteiger partial charge in [-0.15, -0.1) is 10.2 Å². The van der Waals surface area contributed by atoms with Crippen LogP contribution in [-0.4, -0.2) is 64.4 Å². The normalized spacial score (nSPS) is 17.0. The molecule has 0 aliphatic carbocycles. The van der Waals surface area contributed by atoms with Gasteiger partial charge in [0, 0.05) is 37.2 Å². The molecule has 0 saturated carbocycles. The predicted molar refractivity (Wildman–Crippen MR) is 86.2 cm³/mol. The topological polar surface area (TPSA) is 65.6 Å². The fourth-order valence-corrected chi connectivity index (χ4v) is 3.02. The summed E-state index contributed by atoms with van der Waals surface area (Å²) in [7, 11) is 0. The van der Waals surface area contributed by atoms with Crippen LogP contribution >= 0.6 is 15.9 Å². The van der Waals surface area contributed by atoms with Crippen molar-refractivity contribution in [1.82, 2.24) is 20.0 Å². The molecule has 2 heterocycles. The number of hydrogen-bond donors (Lipinski definition) is 1. The highest BCUT2D eigenvalue weighted by Gasteiger charge is 2.19. The molecule has 0 atom stereocenters. The van der Waals surface area contributed by atoms with E-state index in [0.717, 1.165) is 42.8 Å². The number of aromatic nitrogens is 2. The van der Waals surface area contributed by atoms with E-state index in [4.69, 9.17) is 9.52 Å². The average Bonchev–Trinajstić information content (AvgIpc) is 2.98. The molecule has 22 heavy (non-hydrogen) atoms. The minimum atomic E-state index is 0.221. The Bertz CT molecular complexity index is 611. The van der Waals surface area contributed by atoms with Crippen LogP contribution in [0.15, 0.2) is 33.2 Å². The Hall–Kier alpha value is -1.28. The van der Waals surface area contributed by atoms with Gasteiger partial charge in [0.05, 0.1) is 18.7 Å². The van der Waals surface area contributed by atoms with Crippen molar-refractivity contribution < 1.29 is 9.52 Å². The summed E-state index contributed by atoms with van der Waals surface area (Å²) in [5.74, 6) is 1.18.